The van der Waals surface area contributed by atoms with Crippen LogP contribution in [0.4, 0.5) is 0 Å². The van der Waals surface area contributed by atoms with Crippen molar-refractivity contribution in [2.24, 2.45) is 0 Å². The summed E-state index contributed by atoms with van der Waals surface area (Å²) in [6.45, 7) is 4.40. The van der Waals surface area contributed by atoms with E-state index < -0.39 is 0 Å². The molecule has 0 aromatic heterocycles. The summed E-state index contributed by atoms with van der Waals surface area (Å²) in [5.74, 6) is 0.913. The maximum absolute atomic E-state index is 11.1. The fraction of sp³-hybridized carbons (Fsp3) is 0.533. The number of hydrogen-bond donors (Lipinski definition) is 0. The van der Waals surface area contributed by atoms with Gasteiger partial charge in [0.2, 0.25) is 0 Å². The molecular weight excluding hydrogens is 228 g/mol. The summed E-state index contributed by atoms with van der Waals surface area (Å²) in [5.41, 5.74) is 0.724. The van der Waals surface area contributed by atoms with Crippen LogP contribution in [0.5, 0.6) is 5.75 Å². The van der Waals surface area contributed by atoms with Crippen molar-refractivity contribution in [1.82, 2.24) is 0 Å². The summed E-state index contributed by atoms with van der Waals surface area (Å²) in [6.07, 6.45) is 4.26. The van der Waals surface area contributed by atoms with Gasteiger partial charge in [0, 0.05) is 5.56 Å². The van der Waals surface area contributed by atoms with Gasteiger partial charge in [-0.25, -0.2) is 0 Å². The van der Waals surface area contributed by atoms with Gasteiger partial charge in [-0.3, -0.25) is 4.79 Å². The molecule has 0 saturated carbocycles. The predicted molar refractivity (Wildman–Crippen MR) is 70.1 cm³/mol. The number of unbranched alkanes of at least 4 members (excludes halogenated alkanes) is 1. The zero-order chi connectivity index (χ0) is 13.0. The van der Waals surface area contributed by atoms with Crippen LogP contribution in [0.1, 0.15) is 43.5 Å². The van der Waals surface area contributed by atoms with E-state index in [2.05, 4.69) is 6.92 Å². The molecule has 0 bridgehead atoms. The van der Waals surface area contributed by atoms with Crippen LogP contribution < -0.4 is 4.74 Å². The number of benzene rings is 1. The molecule has 0 amide bonds. The monoisotopic (exact) mass is 248 g/mol. The Morgan fingerprint density at radius 2 is 1.94 bits per heavy atom. The molecular formula is C15H20O3. The van der Waals surface area contributed by atoms with Crippen LogP contribution in [0.25, 0.3) is 0 Å². The van der Waals surface area contributed by atoms with Crippen molar-refractivity contribution >= 4 is 5.78 Å². The molecule has 0 spiro atoms. The smallest absolute Gasteiger partial charge is 0.159 e. The summed E-state index contributed by atoms with van der Waals surface area (Å²) in [6, 6.07) is 7.31. The van der Waals surface area contributed by atoms with Crippen molar-refractivity contribution in [3.05, 3.63) is 29.8 Å². The predicted octanol–water partition coefficient (Wildman–Crippen LogP) is 3.23. The number of carbonyl (C=O) groups excluding carboxylic acids is 1. The van der Waals surface area contributed by atoms with Gasteiger partial charge in [-0.15, -0.1) is 0 Å². The van der Waals surface area contributed by atoms with E-state index in [0.29, 0.717) is 12.2 Å². The molecule has 1 aliphatic rings. The molecule has 0 radical (unpaired) electrons. The molecule has 0 aliphatic carbocycles. The van der Waals surface area contributed by atoms with Crippen molar-refractivity contribution in [2.75, 3.05) is 6.61 Å². The molecule has 1 saturated heterocycles. The van der Waals surface area contributed by atoms with Crippen LogP contribution in [-0.4, -0.2) is 24.6 Å². The van der Waals surface area contributed by atoms with E-state index in [1.807, 2.05) is 12.1 Å². The molecule has 3 heteroatoms. The molecule has 3 nitrogen and oxygen atoms in total. The largest absolute Gasteiger partial charge is 0.494 e. The van der Waals surface area contributed by atoms with Gasteiger partial charge in [-0.2, -0.15) is 0 Å². The van der Waals surface area contributed by atoms with Crippen molar-refractivity contribution in [3.63, 3.8) is 0 Å². The van der Waals surface area contributed by atoms with Gasteiger partial charge in [0.15, 0.2) is 5.78 Å². The van der Waals surface area contributed by atoms with Crippen LogP contribution in [0.15, 0.2) is 24.3 Å². The van der Waals surface area contributed by atoms with Crippen LogP contribution >= 0.6 is 0 Å². The van der Waals surface area contributed by atoms with Gasteiger partial charge in [-0.1, -0.05) is 0 Å². The molecule has 18 heavy (non-hydrogen) atoms. The topological polar surface area (TPSA) is 38.8 Å². The number of ether oxygens (including phenoxy) is 2. The Hall–Kier alpha value is -1.35. The van der Waals surface area contributed by atoms with Crippen molar-refractivity contribution in [2.45, 2.75) is 45.3 Å². The second kappa shape index (κ2) is 6.01. The van der Waals surface area contributed by atoms with E-state index in [4.69, 9.17) is 9.47 Å². The number of ketones is 1. The van der Waals surface area contributed by atoms with Gasteiger partial charge >= 0.3 is 0 Å². The fourth-order valence-corrected chi connectivity index (χ4v) is 1.96. The van der Waals surface area contributed by atoms with Crippen LogP contribution in [0.3, 0.4) is 0 Å². The summed E-state index contributed by atoms with van der Waals surface area (Å²) in [7, 11) is 0. The summed E-state index contributed by atoms with van der Waals surface area (Å²) >= 11 is 0. The van der Waals surface area contributed by atoms with Gasteiger partial charge in [0.05, 0.1) is 18.8 Å². The molecule has 1 aromatic rings. The summed E-state index contributed by atoms with van der Waals surface area (Å²) in [4.78, 5) is 11.1. The third-order valence-electron chi connectivity index (χ3n) is 3.25. The molecule has 0 N–H and O–H groups in total. The lowest BCUT2D eigenvalue weighted by molar-refractivity contribution is 0.101. The zero-order valence-corrected chi connectivity index (χ0v) is 11.0. The molecule has 1 aromatic carbocycles. The van der Waals surface area contributed by atoms with Crippen LogP contribution in [0.2, 0.25) is 0 Å². The van der Waals surface area contributed by atoms with E-state index >= 15 is 0 Å². The zero-order valence-electron chi connectivity index (χ0n) is 11.0. The average molecular weight is 248 g/mol. The van der Waals surface area contributed by atoms with Gasteiger partial charge in [0.25, 0.3) is 0 Å². The van der Waals surface area contributed by atoms with Gasteiger partial charge in [-0.05, 0) is 57.4 Å². The number of Topliss-reactive ketones (excluding diaryl/α,β-unsaturated/α-hetero) is 1. The van der Waals surface area contributed by atoms with Crippen LogP contribution in [0, 0.1) is 0 Å². The van der Waals surface area contributed by atoms with Crippen molar-refractivity contribution in [1.29, 1.82) is 0 Å². The Kier molecular flexibility index (Phi) is 4.37. The standard InChI is InChI=1S/C15H20O3/c1-11(16)13-6-8-14(9-7-13)17-10-4-3-5-15-12(2)18-15/h6-9,12,15H,3-5,10H2,1-2H3. The number of carbonyl (C=O) groups is 1. The average Bonchev–Trinajstić information content (AvgIpc) is 3.05. The molecule has 1 fully saturated rings. The summed E-state index contributed by atoms with van der Waals surface area (Å²) in [5, 5.41) is 0. The SMILES string of the molecule is CC(=O)c1ccc(OCCCCC2OC2C)cc1. The Morgan fingerprint density at radius 3 is 2.50 bits per heavy atom. The highest BCUT2D eigenvalue weighted by molar-refractivity contribution is 5.94. The third kappa shape index (κ3) is 3.84. The molecule has 2 unspecified atom stereocenters. The highest BCUT2D eigenvalue weighted by Crippen LogP contribution is 2.26. The van der Waals surface area contributed by atoms with Crippen molar-refractivity contribution in [3.8, 4) is 5.75 Å². The number of rotatable bonds is 7. The Balaban J connectivity index is 1.62. The first-order valence-electron chi connectivity index (χ1n) is 6.56. The first kappa shape index (κ1) is 13.1. The van der Waals surface area contributed by atoms with E-state index in [9.17, 15) is 4.79 Å². The third-order valence-corrected chi connectivity index (χ3v) is 3.25. The molecule has 98 valence electrons. The first-order chi connectivity index (χ1) is 8.66. The second-order valence-electron chi connectivity index (χ2n) is 4.80. The minimum atomic E-state index is 0.0834. The van der Waals surface area contributed by atoms with E-state index in [-0.39, 0.29) is 5.78 Å². The maximum Gasteiger partial charge on any atom is 0.159 e. The highest BCUT2D eigenvalue weighted by atomic mass is 16.6. The fourth-order valence-electron chi connectivity index (χ4n) is 1.96. The molecule has 1 aliphatic heterocycles. The Morgan fingerprint density at radius 1 is 1.28 bits per heavy atom. The maximum atomic E-state index is 11.1. The van der Waals surface area contributed by atoms with E-state index in [1.165, 1.54) is 0 Å². The summed E-state index contributed by atoms with van der Waals surface area (Å²) < 4.78 is 11.0. The van der Waals surface area contributed by atoms with E-state index in [0.717, 1.165) is 37.2 Å². The lowest BCUT2D eigenvalue weighted by Gasteiger charge is -2.06. The minimum Gasteiger partial charge on any atom is -0.494 e. The van der Waals surface area contributed by atoms with Gasteiger partial charge < -0.3 is 9.47 Å². The molecule has 2 atom stereocenters. The Bertz CT molecular complexity index is 397. The number of hydrogen-bond acceptors (Lipinski definition) is 3. The highest BCUT2D eigenvalue weighted by Gasteiger charge is 2.32. The lowest BCUT2D eigenvalue weighted by atomic mass is 10.1. The minimum absolute atomic E-state index is 0.0834. The Labute approximate surface area is 108 Å². The quantitative estimate of drug-likeness (QED) is 0.422. The van der Waals surface area contributed by atoms with Gasteiger partial charge in [0.1, 0.15) is 5.75 Å². The normalized spacial score (nSPS) is 21.7. The van der Waals surface area contributed by atoms with Crippen LogP contribution in [-0.2, 0) is 4.74 Å². The molecule has 2 rings (SSSR count). The first-order valence-corrected chi connectivity index (χ1v) is 6.56. The number of epoxide rings is 1. The van der Waals surface area contributed by atoms with Crippen molar-refractivity contribution < 1.29 is 14.3 Å². The molecule has 1 heterocycles. The second-order valence-corrected chi connectivity index (χ2v) is 4.80. The van der Waals surface area contributed by atoms with E-state index in [1.54, 1.807) is 19.1 Å². The lowest BCUT2D eigenvalue weighted by Crippen LogP contribution is -1.99.